The molecule has 1 aromatic rings. The number of hydrogen-bond donors (Lipinski definition) is 2. The van der Waals surface area contributed by atoms with Crippen LogP contribution in [0.15, 0.2) is 27.6 Å². The quantitative estimate of drug-likeness (QED) is 0.788. The standard InChI is InChI=1S/C15H23BrN2O2S/c1-15(2)8-3-4-11(7-9-15)18-14-6-5-12(10-13(14)16)21(17,19)20/h5-6,10-11,18H,3-4,7-9H2,1-2H3,(H2,17,19,20). The van der Waals surface area contributed by atoms with Gasteiger partial charge in [-0.1, -0.05) is 20.3 Å². The van der Waals surface area contributed by atoms with Gasteiger partial charge in [-0.05, 0) is 65.2 Å². The van der Waals surface area contributed by atoms with E-state index in [1.165, 1.54) is 19.3 Å². The second-order valence-corrected chi connectivity index (χ2v) is 9.04. The van der Waals surface area contributed by atoms with Crippen molar-refractivity contribution in [1.29, 1.82) is 0 Å². The number of hydrogen-bond acceptors (Lipinski definition) is 3. The highest BCUT2D eigenvalue weighted by molar-refractivity contribution is 9.10. The Morgan fingerprint density at radius 1 is 1.29 bits per heavy atom. The van der Waals surface area contributed by atoms with Crippen LogP contribution in [0.25, 0.3) is 0 Å². The summed E-state index contributed by atoms with van der Waals surface area (Å²) >= 11 is 3.43. The van der Waals surface area contributed by atoms with Gasteiger partial charge >= 0.3 is 0 Å². The van der Waals surface area contributed by atoms with Crippen LogP contribution in [0.2, 0.25) is 0 Å². The van der Waals surface area contributed by atoms with E-state index in [0.717, 1.165) is 23.0 Å². The minimum atomic E-state index is -3.65. The van der Waals surface area contributed by atoms with E-state index in [2.05, 4.69) is 35.1 Å². The minimum absolute atomic E-state index is 0.127. The number of rotatable bonds is 3. The summed E-state index contributed by atoms with van der Waals surface area (Å²) in [5.41, 5.74) is 1.35. The molecule has 1 fully saturated rings. The lowest BCUT2D eigenvalue weighted by molar-refractivity contribution is 0.313. The third-order valence-corrected chi connectivity index (χ3v) is 5.77. The summed E-state index contributed by atoms with van der Waals surface area (Å²) in [5.74, 6) is 0. The predicted octanol–water partition coefficient (Wildman–Crippen LogP) is 3.87. The summed E-state index contributed by atoms with van der Waals surface area (Å²) in [6.45, 7) is 4.65. The summed E-state index contributed by atoms with van der Waals surface area (Å²) in [6, 6.07) is 5.31. The van der Waals surface area contributed by atoms with Crippen molar-refractivity contribution in [2.24, 2.45) is 10.6 Å². The second kappa shape index (κ2) is 6.26. The Morgan fingerprint density at radius 2 is 2.00 bits per heavy atom. The van der Waals surface area contributed by atoms with Gasteiger partial charge in [0.2, 0.25) is 10.0 Å². The average Bonchev–Trinajstić information content (AvgIpc) is 2.52. The Hall–Kier alpha value is -0.590. The minimum Gasteiger partial charge on any atom is -0.381 e. The zero-order valence-electron chi connectivity index (χ0n) is 12.5. The SMILES string of the molecule is CC1(C)CCCC(Nc2ccc(S(N)(=O)=O)cc2Br)CC1. The molecule has 3 N–H and O–H groups in total. The summed E-state index contributed by atoms with van der Waals surface area (Å²) in [7, 11) is -3.65. The molecule has 4 nitrogen and oxygen atoms in total. The fourth-order valence-corrected chi connectivity index (χ4v) is 4.00. The maximum absolute atomic E-state index is 11.3. The van der Waals surface area contributed by atoms with Gasteiger partial charge in [-0.3, -0.25) is 0 Å². The third-order valence-electron chi connectivity index (χ3n) is 4.20. The lowest BCUT2D eigenvalue weighted by Crippen LogP contribution is -2.20. The first kappa shape index (κ1) is 16.8. The van der Waals surface area contributed by atoms with Gasteiger partial charge in [-0.2, -0.15) is 0 Å². The van der Waals surface area contributed by atoms with Crippen LogP contribution in [0.4, 0.5) is 5.69 Å². The highest BCUT2D eigenvalue weighted by atomic mass is 79.9. The highest BCUT2D eigenvalue weighted by Gasteiger charge is 2.24. The Labute approximate surface area is 135 Å². The molecule has 0 spiro atoms. The fourth-order valence-electron chi connectivity index (χ4n) is 2.82. The molecular formula is C15H23BrN2O2S. The Kier molecular flexibility index (Phi) is 5.00. The molecule has 1 aliphatic rings. The van der Waals surface area contributed by atoms with Gasteiger partial charge in [-0.25, -0.2) is 13.6 Å². The maximum atomic E-state index is 11.3. The number of sulfonamides is 1. The molecule has 1 unspecified atom stereocenters. The molecule has 118 valence electrons. The highest BCUT2D eigenvalue weighted by Crippen LogP contribution is 2.35. The number of primary sulfonamides is 1. The molecule has 2 rings (SSSR count). The number of halogens is 1. The maximum Gasteiger partial charge on any atom is 0.238 e. The van der Waals surface area contributed by atoms with Crippen LogP contribution in [0.5, 0.6) is 0 Å². The Bertz CT molecular complexity index is 614. The van der Waals surface area contributed by atoms with Crippen LogP contribution in [-0.2, 0) is 10.0 Å². The summed E-state index contributed by atoms with van der Waals surface area (Å²) in [4.78, 5) is 0.127. The van der Waals surface area contributed by atoms with Crippen molar-refractivity contribution < 1.29 is 8.42 Å². The third kappa shape index (κ3) is 4.69. The lowest BCUT2D eigenvalue weighted by atomic mass is 9.85. The zero-order valence-corrected chi connectivity index (χ0v) is 14.9. The van der Waals surface area contributed by atoms with Crippen LogP contribution < -0.4 is 10.5 Å². The van der Waals surface area contributed by atoms with Gasteiger partial charge in [0, 0.05) is 16.2 Å². The molecule has 1 atom stereocenters. The van der Waals surface area contributed by atoms with E-state index in [-0.39, 0.29) is 4.90 Å². The van der Waals surface area contributed by atoms with E-state index in [9.17, 15) is 8.42 Å². The second-order valence-electron chi connectivity index (χ2n) is 6.62. The largest absolute Gasteiger partial charge is 0.381 e. The van der Waals surface area contributed by atoms with E-state index in [1.54, 1.807) is 18.2 Å². The van der Waals surface area contributed by atoms with Gasteiger partial charge in [0.15, 0.2) is 0 Å². The van der Waals surface area contributed by atoms with Crippen LogP contribution in [0.1, 0.15) is 46.0 Å². The Morgan fingerprint density at radius 3 is 2.62 bits per heavy atom. The van der Waals surface area contributed by atoms with Gasteiger partial charge in [0.25, 0.3) is 0 Å². The molecule has 0 amide bonds. The van der Waals surface area contributed by atoms with Crippen molar-refractivity contribution in [1.82, 2.24) is 0 Å². The molecule has 0 aromatic heterocycles. The number of benzene rings is 1. The first-order chi connectivity index (χ1) is 9.67. The summed E-state index contributed by atoms with van der Waals surface area (Å²) < 4.78 is 23.4. The summed E-state index contributed by atoms with van der Waals surface area (Å²) in [5, 5.41) is 8.66. The molecule has 1 aromatic carbocycles. The molecule has 0 heterocycles. The molecule has 0 saturated heterocycles. The van der Waals surface area contributed by atoms with Crippen molar-refractivity contribution in [3.8, 4) is 0 Å². The molecule has 1 saturated carbocycles. The van der Waals surface area contributed by atoms with Crippen LogP contribution in [0.3, 0.4) is 0 Å². The van der Waals surface area contributed by atoms with Crippen molar-refractivity contribution in [2.75, 3.05) is 5.32 Å². The smallest absolute Gasteiger partial charge is 0.238 e. The van der Waals surface area contributed by atoms with E-state index in [1.807, 2.05) is 0 Å². The molecule has 0 radical (unpaired) electrons. The topological polar surface area (TPSA) is 72.2 Å². The molecule has 6 heteroatoms. The van der Waals surface area contributed by atoms with Gasteiger partial charge in [-0.15, -0.1) is 0 Å². The summed E-state index contributed by atoms with van der Waals surface area (Å²) in [6.07, 6.45) is 5.97. The van der Waals surface area contributed by atoms with E-state index in [4.69, 9.17) is 5.14 Å². The monoisotopic (exact) mass is 374 g/mol. The zero-order chi connectivity index (χ0) is 15.7. The van der Waals surface area contributed by atoms with Crippen LogP contribution in [0, 0.1) is 5.41 Å². The van der Waals surface area contributed by atoms with E-state index in [0.29, 0.717) is 11.5 Å². The molecule has 1 aliphatic carbocycles. The van der Waals surface area contributed by atoms with Crippen molar-refractivity contribution in [2.45, 2.75) is 56.9 Å². The van der Waals surface area contributed by atoms with Gasteiger partial charge in [0.05, 0.1) is 4.90 Å². The number of nitrogens with one attached hydrogen (secondary N) is 1. The van der Waals surface area contributed by atoms with Crippen LogP contribution >= 0.6 is 15.9 Å². The van der Waals surface area contributed by atoms with E-state index < -0.39 is 10.0 Å². The van der Waals surface area contributed by atoms with Crippen molar-refractivity contribution in [3.05, 3.63) is 22.7 Å². The Balaban J connectivity index is 2.10. The van der Waals surface area contributed by atoms with Gasteiger partial charge in [0.1, 0.15) is 0 Å². The van der Waals surface area contributed by atoms with Crippen LogP contribution in [-0.4, -0.2) is 14.5 Å². The average molecular weight is 375 g/mol. The fraction of sp³-hybridized carbons (Fsp3) is 0.600. The van der Waals surface area contributed by atoms with Crippen molar-refractivity contribution >= 4 is 31.6 Å². The molecule has 0 bridgehead atoms. The lowest BCUT2D eigenvalue weighted by Gasteiger charge is -2.22. The molecule has 21 heavy (non-hydrogen) atoms. The first-order valence-corrected chi connectivity index (χ1v) is 9.60. The number of nitrogens with two attached hydrogens (primary N) is 1. The van der Waals surface area contributed by atoms with Gasteiger partial charge < -0.3 is 5.32 Å². The predicted molar refractivity (Wildman–Crippen MR) is 89.8 cm³/mol. The number of anilines is 1. The van der Waals surface area contributed by atoms with E-state index >= 15 is 0 Å². The normalized spacial score (nSPS) is 22.6. The molecule has 0 aliphatic heterocycles. The molecular weight excluding hydrogens is 352 g/mol. The van der Waals surface area contributed by atoms with Crippen molar-refractivity contribution in [3.63, 3.8) is 0 Å². The first-order valence-electron chi connectivity index (χ1n) is 7.26.